The van der Waals surface area contributed by atoms with Crippen molar-refractivity contribution < 1.29 is 9.53 Å². The molecule has 1 fully saturated rings. The maximum absolute atomic E-state index is 12.4. The molecule has 0 bridgehead atoms. The van der Waals surface area contributed by atoms with Crippen molar-refractivity contribution >= 4 is 5.91 Å². The molecule has 1 aliphatic heterocycles. The van der Waals surface area contributed by atoms with Gasteiger partial charge in [0.2, 0.25) is 5.91 Å². The van der Waals surface area contributed by atoms with Crippen molar-refractivity contribution in [3.63, 3.8) is 0 Å². The second-order valence-electron chi connectivity index (χ2n) is 6.78. The standard InChI is InChI=1S/C22H27NO2/c1-18-8-5-6-11-21(18)25-17-7-12-22(24)23-15-13-20(14-16-23)19-9-3-2-4-10-19/h2-6,8-11,20H,7,12-17H2,1H3. The number of amides is 1. The molecule has 0 saturated carbocycles. The molecule has 0 N–H and O–H groups in total. The van der Waals surface area contributed by atoms with Crippen LogP contribution in [0.3, 0.4) is 0 Å². The van der Waals surface area contributed by atoms with E-state index in [0.29, 0.717) is 18.9 Å². The van der Waals surface area contributed by atoms with Gasteiger partial charge in [0.15, 0.2) is 0 Å². The van der Waals surface area contributed by atoms with E-state index in [1.807, 2.05) is 36.1 Å². The van der Waals surface area contributed by atoms with Crippen molar-refractivity contribution in [3.8, 4) is 5.75 Å². The van der Waals surface area contributed by atoms with Crippen LogP contribution in [0.5, 0.6) is 5.75 Å². The highest BCUT2D eigenvalue weighted by Crippen LogP contribution is 2.28. The molecule has 1 amide bonds. The van der Waals surface area contributed by atoms with Gasteiger partial charge in [-0.25, -0.2) is 0 Å². The summed E-state index contributed by atoms with van der Waals surface area (Å²) in [6.07, 6.45) is 3.47. The van der Waals surface area contributed by atoms with Crippen LogP contribution in [0.25, 0.3) is 0 Å². The van der Waals surface area contributed by atoms with Crippen molar-refractivity contribution in [2.75, 3.05) is 19.7 Å². The molecule has 3 nitrogen and oxygen atoms in total. The number of likely N-dealkylation sites (tertiary alicyclic amines) is 1. The van der Waals surface area contributed by atoms with Gasteiger partial charge in [0, 0.05) is 19.5 Å². The highest BCUT2D eigenvalue weighted by Gasteiger charge is 2.23. The lowest BCUT2D eigenvalue weighted by Crippen LogP contribution is -2.37. The lowest BCUT2D eigenvalue weighted by atomic mass is 9.89. The molecule has 1 heterocycles. The van der Waals surface area contributed by atoms with Gasteiger partial charge in [0.25, 0.3) is 0 Å². The number of piperidine rings is 1. The van der Waals surface area contributed by atoms with Crippen LogP contribution < -0.4 is 4.74 Å². The fourth-order valence-electron chi connectivity index (χ4n) is 3.47. The predicted octanol–water partition coefficient (Wildman–Crippen LogP) is 4.56. The first-order valence-electron chi connectivity index (χ1n) is 9.25. The summed E-state index contributed by atoms with van der Waals surface area (Å²) in [5, 5.41) is 0. The van der Waals surface area contributed by atoms with E-state index in [1.165, 1.54) is 5.56 Å². The Morgan fingerprint density at radius 2 is 1.72 bits per heavy atom. The minimum atomic E-state index is 0.264. The van der Waals surface area contributed by atoms with Gasteiger partial charge < -0.3 is 9.64 Å². The first-order chi connectivity index (χ1) is 12.2. The topological polar surface area (TPSA) is 29.5 Å². The fourth-order valence-corrected chi connectivity index (χ4v) is 3.47. The zero-order valence-corrected chi connectivity index (χ0v) is 15.0. The van der Waals surface area contributed by atoms with Gasteiger partial charge in [0.1, 0.15) is 5.75 Å². The molecule has 2 aromatic rings. The van der Waals surface area contributed by atoms with E-state index in [4.69, 9.17) is 4.74 Å². The minimum absolute atomic E-state index is 0.264. The van der Waals surface area contributed by atoms with Crippen LogP contribution in [0.1, 0.15) is 42.7 Å². The summed E-state index contributed by atoms with van der Waals surface area (Å²) >= 11 is 0. The number of hydrogen-bond donors (Lipinski definition) is 0. The summed E-state index contributed by atoms with van der Waals surface area (Å²) in [5.74, 6) is 1.77. The largest absolute Gasteiger partial charge is 0.493 e. The van der Waals surface area contributed by atoms with Gasteiger partial charge in [-0.05, 0) is 49.3 Å². The summed E-state index contributed by atoms with van der Waals surface area (Å²) in [4.78, 5) is 14.4. The molecule has 1 saturated heterocycles. The molecule has 2 aromatic carbocycles. The number of benzene rings is 2. The highest BCUT2D eigenvalue weighted by atomic mass is 16.5. The lowest BCUT2D eigenvalue weighted by molar-refractivity contribution is -0.132. The van der Waals surface area contributed by atoms with E-state index >= 15 is 0 Å². The summed E-state index contributed by atoms with van der Waals surface area (Å²) in [5.41, 5.74) is 2.54. The van der Waals surface area contributed by atoms with Crippen LogP contribution in [0, 0.1) is 6.92 Å². The van der Waals surface area contributed by atoms with E-state index in [-0.39, 0.29) is 5.91 Å². The molecule has 0 atom stereocenters. The van der Waals surface area contributed by atoms with Crippen molar-refractivity contribution in [2.24, 2.45) is 0 Å². The van der Waals surface area contributed by atoms with Gasteiger partial charge in [-0.3, -0.25) is 4.79 Å². The van der Waals surface area contributed by atoms with Gasteiger partial charge in [-0.1, -0.05) is 48.5 Å². The van der Waals surface area contributed by atoms with Gasteiger partial charge in [-0.15, -0.1) is 0 Å². The third-order valence-corrected chi connectivity index (χ3v) is 5.00. The lowest BCUT2D eigenvalue weighted by Gasteiger charge is -2.32. The average Bonchev–Trinajstić information content (AvgIpc) is 2.67. The van der Waals surface area contributed by atoms with Crippen molar-refractivity contribution in [1.29, 1.82) is 0 Å². The molecule has 3 rings (SSSR count). The predicted molar refractivity (Wildman–Crippen MR) is 101 cm³/mol. The number of para-hydroxylation sites is 1. The average molecular weight is 337 g/mol. The number of nitrogens with zero attached hydrogens (tertiary/aromatic N) is 1. The second-order valence-corrected chi connectivity index (χ2v) is 6.78. The first-order valence-corrected chi connectivity index (χ1v) is 9.25. The van der Waals surface area contributed by atoms with Gasteiger partial charge in [-0.2, -0.15) is 0 Å². The van der Waals surface area contributed by atoms with Crippen LogP contribution in [0.15, 0.2) is 54.6 Å². The SMILES string of the molecule is Cc1ccccc1OCCCC(=O)N1CCC(c2ccccc2)CC1. The normalized spacial score (nSPS) is 15.2. The quantitative estimate of drug-likeness (QED) is 0.723. The number of aryl methyl sites for hydroxylation is 1. The van der Waals surface area contributed by atoms with E-state index in [1.54, 1.807) is 0 Å². The maximum Gasteiger partial charge on any atom is 0.222 e. The summed E-state index contributed by atoms with van der Waals surface area (Å²) in [6, 6.07) is 18.7. The molecular formula is C22H27NO2. The Balaban J connectivity index is 1.37. The fraction of sp³-hybridized carbons (Fsp3) is 0.409. The summed E-state index contributed by atoms with van der Waals surface area (Å²) in [7, 11) is 0. The van der Waals surface area contributed by atoms with Crippen LogP contribution in [0.4, 0.5) is 0 Å². The van der Waals surface area contributed by atoms with Crippen molar-refractivity contribution in [2.45, 2.75) is 38.5 Å². The molecule has 0 spiro atoms. The Morgan fingerprint density at radius 3 is 2.44 bits per heavy atom. The molecule has 1 aliphatic rings. The molecule has 0 unspecified atom stereocenters. The third kappa shape index (κ3) is 4.85. The van der Waals surface area contributed by atoms with Crippen molar-refractivity contribution in [1.82, 2.24) is 4.90 Å². The van der Waals surface area contributed by atoms with E-state index in [0.717, 1.165) is 43.7 Å². The van der Waals surface area contributed by atoms with Crippen LogP contribution in [0.2, 0.25) is 0 Å². The third-order valence-electron chi connectivity index (χ3n) is 5.00. The summed E-state index contributed by atoms with van der Waals surface area (Å²) in [6.45, 7) is 4.38. The van der Waals surface area contributed by atoms with E-state index < -0.39 is 0 Å². The maximum atomic E-state index is 12.4. The molecule has 132 valence electrons. The number of hydrogen-bond acceptors (Lipinski definition) is 2. The Bertz CT molecular complexity index is 675. The molecule has 0 radical (unpaired) electrons. The minimum Gasteiger partial charge on any atom is -0.493 e. The zero-order valence-electron chi connectivity index (χ0n) is 15.0. The second kappa shape index (κ2) is 8.70. The van der Waals surface area contributed by atoms with E-state index in [9.17, 15) is 4.79 Å². The smallest absolute Gasteiger partial charge is 0.222 e. The molecule has 25 heavy (non-hydrogen) atoms. The molecule has 0 aliphatic carbocycles. The van der Waals surface area contributed by atoms with E-state index in [2.05, 4.69) is 30.3 Å². The van der Waals surface area contributed by atoms with Crippen LogP contribution in [-0.4, -0.2) is 30.5 Å². The Labute approximate surface area is 150 Å². The highest BCUT2D eigenvalue weighted by molar-refractivity contribution is 5.76. The van der Waals surface area contributed by atoms with Crippen LogP contribution >= 0.6 is 0 Å². The molecular weight excluding hydrogens is 310 g/mol. The first kappa shape index (κ1) is 17.5. The van der Waals surface area contributed by atoms with Gasteiger partial charge >= 0.3 is 0 Å². The number of carbonyl (C=O) groups excluding carboxylic acids is 1. The van der Waals surface area contributed by atoms with Crippen molar-refractivity contribution in [3.05, 3.63) is 65.7 Å². The molecule has 3 heteroatoms. The zero-order chi connectivity index (χ0) is 17.5. The van der Waals surface area contributed by atoms with Gasteiger partial charge in [0.05, 0.1) is 6.61 Å². The number of rotatable bonds is 6. The Hall–Kier alpha value is -2.29. The summed E-state index contributed by atoms with van der Waals surface area (Å²) < 4.78 is 5.78. The van der Waals surface area contributed by atoms with Crippen LogP contribution in [-0.2, 0) is 4.79 Å². The monoisotopic (exact) mass is 337 g/mol. The molecule has 0 aromatic heterocycles. The number of ether oxygens (including phenoxy) is 1. The number of carbonyl (C=O) groups is 1. The Kier molecular flexibility index (Phi) is 6.10. The Morgan fingerprint density at radius 1 is 1.04 bits per heavy atom.